The Balaban J connectivity index is 2.23. The van der Waals surface area contributed by atoms with Crippen molar-refractivity contribution in [1.82, 2.24) is 0 Å². The Morgan fingerprint density at radius 3 is 2.47 bits per heavy atom. The molecule has 0 aliphatic rings. The van der Waals surface area contributed by atoms with Gasteiger partial charge in [0.15, 0.2) is 0 Å². The van der Waals surface area contributed by atoms with E-state index < -0.39 is 0 Å². The predicted octanol–water partition coefficient (Wildman–Crippen LogP) is 4.26. The van der Waals surface area contributed by atoms with E-state index in [1.54, 1.807) is 24.3 Å². The molecule has 3 nitrogen and oxygen atoms in total. The van der Waals surface area contributed by atoms with Gasteiger partial charge in [0.25, 0.3) is 5.91 Å². The fourth-order valence-corrected chi connectivity index (χ4v) is 1.93. The number of rotatable bonds is 2. The van der Waals surface area contributed by atoms with Crippen LogP contribution in [0.2, 0.25) is 10.0 Å². The minimum atomic E-state index is -0.285. The first kappa shape index (κ1) is 13.7. The Kier molecular flexibility index (Phi) is 3.98. The molecule has 0 aliphatic heterocycles. The molecule has 0 heterocycles. The second kappa shape index (κ2) is 5.51. The third-order valence-electron chi connectivity index (χ3n) is 2.62. The van der Waals surface area contributed by atoms with Crippen molar-refractivity contribution in [1.29, 1.82) is 0 Å². The molecule has 2 aromatic rings. The first-order chi connectivity index (χ1) is 8.97. The maximum absolute atomic E-state index is 12.0. The molecule has 0 spiro atoms. The Morgan fingerprint density at radius 1 is 1.11 bits per heavy atom. The molecule has 0 aliphatic carbocycles. The quantitative estimate of drug-likeness (QED) is 0.813. The van der Waals surface area contributed by atoms with Crippen molar-refractivity contribution in [3.05, 3.63) is 57.6 Å². The summed E-state index contributed by atoms with van der Waals surface area (Å²) in [6.45, 7) is 1.83. The van der Waals surface area contributed by atoms with Crippen molar-refractivity contribution in [3.8, 4) is 5.75 Å². The zero-order valence-electron chi connectivity index (χ0n) is 10.1. The van der Waals surface area contributed by atoms with E-state index in [-0.39, 0.29) is 16.7 Å². The lowest BCUT2D eigenvalue weighted by atomic mass is 10.1. The largest absolute Gasteiger partial charge is 0.508 e. The Morgan fingerprint density at radius 2 is 1.84 bits per heavy atom. The molecule has 0 saturated heterocycles. The van der Waals surface area contributed by atoms with E-state index in [0.717, 1.165) is 5.56 Å². The molecule has 0 bridgehead atoms. The highest BCUT2D eigenvalue weighted by molar-refractivity contribution is 6.34. The molecule has 2 N–H and O–H groups in total. The summed E-state index contributed by atoms with van der Waals surface area (Å²) in [7, 11) is 0. The third-order valence-corrected chi connectivity index (χ3v) is 3.36. The maximum Gasteiger partial charge on any atom is 0.255 e. The second-order valence-corrected chi connectivity index (χ2v) is 4.90. The van der Waals surface area contributed by atoms with Gasteiger partial charge in [-0.05, 0) is 42.8 Å². The van der Waals surface area contributed by atoms with Gasteiger partial charge in [0.1, 0.15) is 5.75 Å². The molecule has 0 atom stereocenters. The fraction of sp³-hybridized carbons (Fsp3) is 0.0714. The van der Waals surface area contributed by atoms with Crippen molar-refractivity contribution >= 4 is 34.8 Å². The average molecular weight is 296 g/mol. The molecule has 2 rings (SSSR count). The number of hydrogen-bond acceptors (Lipinski definition) is 2. The van der Waals surface area contributed by atoms with Gasteiger partial charge >= 0.3 is 0 Å². The van der Waals surface area contributed by atoms with Crippen LogP contribution >= 0.6 is 23.2 Å². The number of phenolic OH excluding ortho intramolecular Hbond substituents is 1. The molecule has 0 radical (unpaired) electrons. The van der Waals surface area contributed by atoms with E-state index in [1.165, 1.54) is 12.1 Å². The molecule has 0 fully saturated rings. The number of carbonyl (C=O) groups is 1. The van der Waals surface area contributed by atoms with Crippen molar-refractivity contribution < 1.29 is 9.90 Å². The summed E-state index contributed by atoms with van der Waals surface area (Å²) in [5, 5.41) is 12.8. The summed E-state index contributed by atoms with van der Waals surface area (Å²) >= 11 is 11.8. The van der Waals surface area contributed by atoms with E-state index in [2.05, 4.69) is 5.32 Å². The normalized spacial score (nSPS) is 10.3. The van der Waals surface area contributed by atoms with Crippen molar-refractivity contribution in [2.45, 2.75) is 6.92 Å². The molecule has 5 heteroatoms. The summed E-state index contributed by atoms with van der Waals surface area (Å²) < 4.78 is 0. The molecule has 0 saturated carbocycles. The van der Waals surface area contributed by atoms with Crippen LogP contribution in [-0.4, -0.2) is 11.0 Å². The number of anilines is 1. The van der Waals surface area contributed by atoms with E-state index in [4.69, 9.17) is 23.2 Å². The van der Waals surface area contributed by atoms with Crippen LogP contribution in [0.5, 0.6) is 5.75 Å². The molecule has 2 aromatic carbocycles. The summed E-state index contributed by atoms with van der Waals surface area (Å²) in [5.74, 6) is -0.238. The van der Waals surface area contributed by atoms with Crippen molar-refractivity contribution in [3.63, 3.8) is 0 Å². The van der Waals surface area contributed by atoms with Gasteiger partial charge in [-0.25, -0.2) is 0 Å². The van der Waals surface area contributed by atoms with E-state index in [0.29, 0.717) is 16.3 Å². The lowest BCUT2D eigenvalue weighted by Gasteiger charge is -2.08. The monoisotopic (exact) mass is 295 g/mol. The van der Waals surface area contributed by atoms with Crippen LogP contribution in [0.15, 0.2) is 36.4 Å². The number of amides is 1. The molecule has 19 heavy (non-hydrogen) atoms. The first-order valence-electron chi connectivity index (χ1n) is 5.53. The van der Waals surface area contributed by atoms with Gasteiger partial charge in [0.2, 0.25) is 0 Å². The molecule has 1 amide bonds. The zero-order chi connectivity index (χ0) is 14.0. The molecule has 0 unspecified atom stereocenters. The average Bonchev–Trinajstić information content (AvgIpc) is 2.36. The topological polar surface area (TPSA) is 49.3 Å². The van der Waals surface area contributed by atoms with Gasteiger partial charge < -0.3 is 10.4 Å². The summed E-state index contributed by atoms with van der Waals surface area (Å²) in [4.78, 5) is 12.0. The van der Waals surface area contributed by atoms with Crippen LogP contribution in [0.1, 0.15) is 15.9 Å². The molecular formula is C14H11Cl2NO2. The third kappa shape index (κ3) is 3.19. The van der Waals surface area contributed by atoms with Gasteiger partial charge in [0, 0.05) is 16.7 Å². The number of carbonyl (C=O) groups excluding carboxylic acids is 1. The molecular weight excluding hydrogens is 285 g/mol. The van der Waals surface area contributed by atoms with Gasteiger partial charge in [-0.3, -0.25) is 4.79 Å². The minimum Gasteiger partial charge on any atom is -0.508 e. The number of aromatic hydroxyl groups is 1. The Labute approximate surface area is 120 Å². The van der Waals surface area contributed by atoms with Crippen molar-refractivity contribution in [2.24, 2.45) is 0 Å². The molecule has 98 valence electrons. The highest BCUT2D eigenvalue weighted by atomic mass is 35.5. The van der Waals surface area contributed by atoms with E-state index >= 15 is 0 Å². The van der Waals surface area contributed by atoms with Gasteiger partial charge in [-0.2, -0.15) is 0 Å². The zero-order valence-corrected chi connectivity index (χ0v) is 11.6. The number of phenols is 1. The Hall–Kier alpha value is -1.71. The van der Waals surface area contributed by atoms with Crippen LogP contribution in [0, 0.1) is 6.92 Å². The summed E-state index contributed by atoms with van der Waals surface area (Å²) in [6.07, 6.45) is 0. The lowest BCUT2D eigenvalue weighted by molar-refractivity contribution is 0.102. The van der Waals surface area contributed by atoms with Crippen LogP contribution in [-0.2, 0) is 0 Å². The fourth-order valence-electron chi connectivity index (χ4n) is 1.59. The smallest absolute Gasteiger partial charge is 0.255 e. The number of halogens is 2. The number of aryl methyl sites for hydroxylation is 1. The first-order valence-corrected chi connectivity index (χ1v) is 6.29. The lowest BCUT2D eigenvalue weighted by Crippen LogP contribution is -2.12. The number of hydrogen-bond donors (Lipinski definition) is 2. The van der Waals surface area contributed by atoms with E-state index in [1.807, 2.05) is 6.92 Å². The highest BCUT2D eigenvalue weighted by Gasteiger charge is 2.10. The van der Waals surface area contributed by atoms with Gasteiger partial charge in [0.05, 0.1) is 10.7 Å². The van der Waals surface area contributed by atoms with Crippen LogP contribution in [0.25, 0.3) is 0 Å². The Bertz CT molecular complexity index is 641. The predicted molar refractivity (Wildman–Crippen MR) is 77.3 cm³/mol. The van der Waals surface area contributed by atoms with Crippen molar-refractivity contribution in [2.75, 3.05) is 5.32 Å². The summed E-state index contributed by atoms with van der Waals surface area (Å²) in [6, 6.07) is 9.37. The van der Waals surface area contributed by atoms with Crippen LogP contribution in [0.4, 0.5) is 5.69 Å². The van der Waals surface area contributed by atoms with E-state index in [9.17, 15) is 9.90 Å². The standard InChI is InChI=1S/C14H11Cl2NO2/c1-8-6-9(2-4-11(8)15)14(19)17-13-5-3-10(18)7-12(13)16/h2-7,18H,1H3,(H,17,19). The van der Waals surface area contributed by atoms with Crippen LogP contribution in [0.3, 0.4) is 0 Å². The SMILES string of the molecule is Cc1cc(C(=O)Nc2ccc(O)cc2Cl)ccc1Cl. The molecule has 0 aromatic heterocycles. The highest BCUT2D eigenvalue weighted by Crippen LogP contribution is 2.26. The van der Waals surface area contributed by atoms with Crippen LogP contribution < -0.4 is 5.32 Å². The number of nitrogens with one attached hydrogen (secondary N) is 1. The second-order valence-electron chi connectivity index (χ2n) is 4.08. The maximum atomic E-state index is 12.0. The minimum absolute atomic E-state index is 0.0466. The van der Waals surface area contributed by atoms with Gasteiger partial charge in [-0.1, -0.05) is 23.2 Å². The summed E-state index contributed by atoms with van der Waals surface area (Å²) in [5.41, 5.74) is 1.76. The van der Waals surface area contributed by atoms with Gasteiger partial charge in [-0.15, -0.1) is 0 Å². The number of benzene rings is 2.